The molecule has 1 aromatic carbocycles. The molecule has 0 unspecified atom stereocenters. The average Bonchev–Trinajstić information content (AvgIpc) is 2.72. The molecule has 0 atom stereocenters. The Morgan fingerprint density at radius 2 is 1.81 bits per heavy atom. The Balaban J connectivity index is 1.84. The molecule has 32 heavy (non-hydrogen) atoms. The molecule has 3 rings (SSSR count). The molecule has 0 spiro atoms. The summed E-state index contributed by atoms with van der Waals surface area (Å²) >= 11 is 5.60. The molecule has 1 fully saturated rings. The smallest absolute Gasteiger partial charge is 0.324 e. The van der Waals surface area contributed by atoms with Gasteiger partial charge in [-0.2, -0.15) is 17.5 Å². The van der Waals surface area contributed by atoms with Crippen LogP contribution in [0.2, 0.25) is 5.02 Å². The highest BCUT2D eigenvalue weighted by Gasteiger charge is 2.32. The third-order valence-corrected chi connectivity index (χ3v) is 7.28. The fourth-order valence-corrected chi connectivity index (χ4v) is 5.14. The number of hydrogen-bond donors (Lipinski definition) is 1. The summed E-state index contributed by atoms with van der Waals surface area (Å²) in [5.41, 5.74) is -1.39. The summed E-state index contributed by atoms with van der Waals surface area (Å²) in [6.45, 7) is 1.74. The van der Waals surface area contributed by atoms with Crippen molar-refractivity contribution in [1.29, 1.82) is 0 Å². The van der Waals surface area contributed by atoms with Crippen LogP contribution >= 0.6 is 11.6 Å². The van der Waals surface area contributed by atoms with E-state index in [4.69, 9.17) is 11.6 Å². The number of amides is 1. The second-order valence-electron chi connectivity index (χ2n) is 7.50. The van der Waals surface area contributed by atoms with Crippen molar-refractivity contribution < 1.29 is 26.4 Å². The van der Waals surface area contributed by atoms with Crippen LogP contribution in [0.15, 0.2) is 40.2 Å². The van der Waals surface area contributed by atoms with Gasteiger partial charge in [0.1, 0.15) is 11.6 Å². The van der Waals surface area contributed by atoms with Gasteiger partial charge in [-0.3, -0.25) is 9.59 Å². The molecule has 1 amide bonds. The SMILES string of the molecule is Cc1ccc(S(=O)(=O)N2CCCCC2)cc1NC(=O)Cn1cc(C(F)(F)F)cc(Cl)c1=O. The molecule has 0 radical (unpaired) electrons. The Bertz CT molecular complexity index is 1190. The summed E-state index contributed by atoms with van der Waals surface area (Å²) in [7, 11) is -3.75. The number of piperidine rings is 1. The molecule has 1 aliphatic heterocycles. The molecule has 1 aromatic heterocycles. The molecule has 1 N–H and O–H groups in total. The third-order valence-electron chi connectivity index (χ3n) is 5.12. The quantitative estimate of drug-likeness (QED) is 0.691. The van der Waals surface area contributed by atoms with Crippen LogP contribution in [0.25, 0.3) is 0 Å². The van der Waals surface area contributed by atoms with Crippen LogP contribution in [-0.4, -0.2) is 36.3 Å². The second kappa shape index (κ2) is 9.24. The number of sulfonamides is 1. The second-order valence-corrected chi connectivity index (χ2v) is 9.84. The number of anilines is 1. The zero-order valence-corrected chi connectivity index (χ0v) is 18.6. The van der Waals surface area contributed by atoms with E-state index >= 15 is 0 Å². The number of aryl methyl sites for hydroxylation is 1. The number of benzene rings is 1. The Morgan fingerprint density at radius 1 is 1.16 bits per heavy atom. The summed E-state index contributed by atoms with van der Waals surface area (Å²) in [5, 5.41) is 1.80. The van der Waals surface area contributed by atoms with E-state index < -0.39 is 44.8 Å². The van der Waals surface area contributed by atoms with Crippen molar-refractivity contribution in [2.45, 2.75) is 43.8 Å². The maximum atomic E-state index is 13.0. The largest absolute Gasteiger partial charge is 0.417 e. The number of carbonyl (C=O) groups is 1. The molecular weight excluding hydrogens is 471 g/mol. The van der Waals surface area contributed by atoms with Crippen LogP contribution in [-0.2, 0) is 27.5 Å². The van der Waals surface area contributed by atoms with Gasteiger partial charge in [0.15, 0.2) is 0 Å². The van der Waals surface area contributed by atoms with Gasteiger partial charge in [-0.05, 0) is 43.5 Å². The standard InChI is InChI=1S/C20H21ClF3N3O4S/c1-13-5-6-15(32(30,31)27-7-3-2-4-8-27)10-17(13)25-18(28)12-26-11-14(20(22,23)24)9-16(21)19(26)29/h5-6,9-11H,2-4,7-8,12H2,1H3,(H,25,28). The van der Waals surface area contributed by atoms with Crippen molar-refractivity contribution in [1.82, 2.24) is 8.87 Å². The molecule has 2 heterocycles. The van der Waals surface area contributed by atoms with E-state index in [1.54, 1.807) is 6.92 Å². The lowest BCUT2D eigenvalue weighted by Gasteiger charge is -2.26. The van der Waals surface area contributed by atoms with Gasteiger partial charge in [0.2, 0.25) is 15.9 Å². The van der Waals surface area contributed by atoms with Crippen LogP contribution in [0.1, 0.15) is 30.4 Å². The molecule has 0 bridgehead atoms. The summed E-state index contributed by atoms with van der Waals surface area (Å²) in [4.78, 5) is 24.5. The number of halogens is 4. The van der Waals surface area contributed by atoms with Crippen LogP contribution < -0.4 is 10.9 Å². The van der Waals surface area contributed by atoms with E-state index in [0.29, 0.717) is 35.5 Å². The van der Waals surface area contributed by atoms with Crippen molar-refractivity contribution in [2.75, 3.05) is 18.4 Å². The van der Waals surface area contributed by atoms with Crippen molar-refractivity contribution in [2.24, 2.45) is 0 Å². The summed E-state index contributed by atoms with van der Waals surface area (Å²) < 4.78 is 66.7. The van der Waals surface area contributed by atoms with E-state index in [9.17, 15) is 31.2 Å². The van der Waals surface area contributed by atoms with Gasteiger partial charge in [-0.25, -0.2) is 8.42 Å². The molecule has 7 nitrogen and oxygen atoms in total. The van der Waals surface area contributed by atoms with Gasteiger partial charge in [-0.1, -0.05) is 24.1 Å². The molecule has 1 saturated heterocycles. The van der Waals surface area contributed by atoms with Crippen LogP contribution in [0.5, 0.6) is 0 Å². The zero-order chi connectivity index (χ0) is 23.7. The molecule has 0 aliphatic carbocycles. The first-order valence-electron chi connectivity index (χ1n) is 9.77. The fourth-order valence-electron chi connectivity index (χ4n) is 3.37. The molecule has 0 saturated carbocycles. The Morgan fingerprint density at radius 3 is 2.44 bits per heavy atom. The molecular formula is C20H21ClF3N3O4S. The highest BCUT2D eigenvalue weighted by Crippen LogP contribution is 2.30. The van der Waals surface area contributed by atoms with E-state index in [2.05, 4.69) is 5.32 Å². The number of hydrogen-bond acceptors (Lipinski definition) is 4. The lowest BCUT2D eigenvalue weighted by atomic mass is 10.2. The summed E-state index contributed by atoms with van der Waals surface area (Å²) in [5.74, 6) is -0.807. The minimum absolute atomic E-state index is 0.000389. The first kappa shape index (κ1) is 24.3. The Labute approximate surface area is 187 Å². The predicted octanol–water partition coefficient (Wildman–Crippen LogP) is 3.64. The summed E-state index contributed by atoms with van der Waals surface area (Å²) in [6, 6.07) is 4.77. The highest BCUT2D eigenvalue weighted by atomic mass is 35.5. The number of pyridine rings is 1. The number of rotatable bonds is 5. The monoisotopic (exact) mass is 491 g/mol. The van der Waals surface area contributed by atoms with Crippen molar-refractivity contribution in [3.63, 3.8) is 0 Å². The maximum Gasteiger partial charge on any atom is 0.417 e. The minimum Gasteiger partial charge on any atom is -0.324 e. The molecule has 12 heteroatoms. The van der Waals surface area contributed by atoms with Crippen LogP contribution in [0.4, 0.5) is 18.9 Å². The van der Waals surface area contributed by atoms with E-state index in [1.807, 2.05) is 0 Å². The van der Waals surface area contributed by atoms with Gasteiger partial charge >= 0.3 is 6.18 Å². The third kappa shape index (κ3) is 5.33. The van der Waals surface area contributed by atoms with Crippen LogP contribution in [0.3, 0.4) is 0 Å². The normalized spacial score (nSPS) is 15.5. The lowest BCUT2D eigenvalue weighted by Crippen LogP contribution is -2.35. The number of nitrogens with zero attached hydrogens (tertiary/aromatic N) is 2. The first-order valence-corrected chi connectivity index (χ1v) is 11.6. The van der Waals surface area contributed by atoms with E-state index in [-0.39, 0.29) is 10.6 Å². The van der Waals surface area contributed by atoms with Gasteiger partial charge < -0.3 is 9.88 Å². The Kier molecular flexibility index (Phi) is 7.01. The van der Waals surface area contributed by atoms with Gasteiger partial charge in [-0.15, -0.1) is 0 Å². The number of alkyl halides is 3. The van der Waals surface area contributed by atoms with Gasteiger partial charge in [0.05, 0.1) is 10.5 Å². The Hall–Kier alpha value is -2.37. The topological polar surface area (TPSA) is 88.5 Å². The fraction of sp³-hybridized carbons (Fsp3) is 0.400. The first-order chi connectivity index (χ1) is 14.9. The number of aromatic nitrogens is 1. The summed E-state index contributed by atoms with van der Waals surface area (Å²) in [6.07, 6.45) is -1.74. The maximum absolute atomic E-state index is 13.0. The lowest BCUT2D eigenvalue weighted by molar-refractivity contribution is -0.138. The van der Waals surface area contributed by atoms with Gasteiger partial charge in [0.25, 0.3) is 5.56 Å². The molecule has 1 aliphatic rings. The minimum atomic E-state index is -4.75. The number of carbonyl (C=O) groups excluding carboxylic acids is 1. The van der Waals surface area contributed by atoms with E-state index in [1.165, 1.54) is 22.5 Å². The van der Waals surface area contributed by atoms with Crippen molar-refractivity contribution >= 4 is 33.2 Å². The predicted molar refractivity (Wildman–Crippen MR) is 113 cm³/mol. The van der Waals surface area contributed by atoms with Crippen molar-refractivity contribution in [3.8, 4) is 0 Å². The molecule has 174 valence electrons. The zero-order valence-electron chi connectivity index (χ0n) is 17.1. The highest BCUT2D eigenvalue weighted by molar-refractivity contribution is 7.89. The molecule has 2 aromatic rings. The van der Waals surface area contributed by atoms with Crippen molar-refractivity contribution in [3.05, 3.63) is 57.0 Å². The van der Waals surface area contributed by atoms with Crippen LogP contribution in [0, 0.1) is 6.92 Å². The average molecular weight is 492 g/mol. The number of nitrogens with one attached hydrogen (secondary N) is 1. The van der Waals surface area contributed by atoms with Gasteiger partial charge in [0, 0.05) is 25.0 Å². The van der Waals surface area contributed by atoms with E-state index in [0.717, 1.165) is 19.3 Å².